The molecular formula is C10H13NO2S. The van der Waals surface area contributed by atoms with Crippen LogP contribution in [0.25, 0.3) is 0 Å². The molecule has 0 aromatic carbocycles. The summed E-state index contributed by atoms with van der Waals surface area (Å²) in [6.45, 7) is 0. The highest BCUT2D eigenvalue weighted by atomic mass is 32.1. The number of ether oxygens (including phenoxy) is 1. The van der Waals surface area contributed by atoms with Crippen LogP contribution in [0.1, 0.15) is 23.8 Å². The maximum Gasteiger partial charge on any atom is 0.313 e. The number of methoxy groups -OCH3 is 1. The van der Waals surface area contributed by atoms with Crippen LogP contribution < -0.4 is 5.73 Å². The summed E-state index contributed by atoms with van der Waals surface area (Å²) in [5.74, 6) is -0.168. The Kier molecular flexibility index (Phi) is 2.33. The van der Waals surface area contributed by atoms with Crippen molar-refractivity contribution in [3.8, 4) is 0 Å². The molecule has 1 saturated carbocycles. The van der Waals surface area contributed by atoms with Crippen LogP contribution in [-0.2, 0) is 9.53 Å². The third kappa shape index (κ3) is 1.35. The maximum absolute atomic E-state index is 11.5. The summed E-state index contributed by atoms with van der Waals surface area (Å²) in [5, 5.41) is 1.97. The second kappa shape index (κ2) is 3.37. The van der Waals surface area contributed by atoms with Gasteiger partial charge in [-0.2, -0.15) is 0 Å². The van der Waals surface area contributed by atoms with Crippen molar-refractivity contribution in [3.63, 3.8) is 0 Å². The zero-order valence-electron chi connectivity index (χ0n) is 8.03. The van der Waals surface area contributed by atoms with Crippen molar-refractivity contribution in [1.29, 1.82) is 0 Å². The minimum atomic E-state index is -0.431. The van der Waals surface area contributed by atoms with Crippen molar-refractivity contribution in [2.24, 2.45) is 11.1 Å². The minimum absolute atomic E-state index is 0.168. The van der Waals surface area contributed by atoms with E-state index in [1.807, 2.05) is 17.5 Å². The lowest BCUT2D eigenvalue weighted by Gasteiger charge is -2.19. The van der Waals surface area contributed by atoms with Gasteiger partial charge in [0, 0.05) is 4.88 Å². The Morgan fingerprint density at radius 3 is 2.86 bits per heavy atom. The highest BCUT2D eigenvalue weighted by Crippen LogP contribution is 2.55. The monoisotopic (exact) mass is 211 g/mol. The Morgan fingerprint density at radius 1 is 1.71 bits per heavy atom. The minimum Gasteiger partial charge on any atom is -0.469 e. The standard InChI is InChI=1S/C10H13NO2S/c1-13-9(12)10(4-5-10)8(11)7-3-2-6-14-7/h2-3,6,8H,4-5,11H2,1H3. The number of carbonyl (C=O) groups is 1. The van der Waals surface area contributed by atoms with Crippen molar-refractivity contribution >= 4 is 17.3 Å². The molecule has 1 aromatic heterocycles. The van der Waals surface area contributed by atoms with E-state index < -0.39 is 5.41 Å². The Labute approximate surface area is 86.9 Å². The van der Waals surface area contributed by atoms with Crippen LogP contribution in [0.15, 0.2) is 17.5 Å². The molecule has 1 heterocycles. The van der Waals surface area contributed by atoms with Gasteiger partial charge in [-0.15, -0.1) is 11.3 Å². The molecule has 1 fully saturated rings. The number of hydrogen-bond donors (Lipinski definition) is 1. The fraction of sp³-hybridized carbons (Fsp3) is 0.500. The van der Waals surface area contributed by atoms with Gasteiger partial charge in [0.05, 0.1) is 18.6 Å². The van der Waals surface area contributed by atoms with Gasteiger partial charge < -0.3 is 10.5 Å². The molecule has 0 aliphatic heterocycles. The predicted molar refractivity (Wildman–Crippen MR) is 54.9 cm³/mol. The molecule has 3 nitrogen and oxygen atoms in total. The van der Waals surface area contributed by atoms with Crippen molar-refractivity contribution in [2.45, 2.75) is 18.9 Å². The third-order valence-electron chi connectivity index (χ3n) is 2.83. The van der Waals surface area contributed by atoms with Crippen molar-refractivity contribution in [2.75, 3.05) is 7.11 Å². The first-order valence-electron chi connectivity index (χ1n) is 4.58. The van der Waals surface area contributed by atoms with Gasteiger partial charge in [0.25, 0.3) is 0 Å². The first-order valence-corrected chi connectivity index (χ1v) is 5.46. The highest BCUT2D eigenvalue weighted by Gasteiger charge is 2.56. The van der Waals surface area contributed by atoms with Crippen molar-refractivity contribution < 1.29 is 9.53 Å². The van der Waals surface area contributed by atoms with Gasteiger partial charge in [0.1, 0.15) is 0 Å². The summed E-state index contributed by atoms with van der Waals surface area (Å²) in [7, 11) is 1.42. The highest BCUT2D eigenvalue weighted by molar-refractivity contribution is 7.10. The van der Waals surface area contributed by atoms with Crippen LogP contribution in [0.4, 0.5) is 0 Å². The number of thiophene rings is 1. The lowest BCUT2D eigenvalue weighted by Crippen LogP contribution is -2.30. The zero-order chi connectivity index (χ0) is 10.2. The largest absolute Gasteiger partial charge is 0.469 e. The molecule has 4 heteroatoms. The van der Waals surface area contributed by atoms with E-state index in [0.29, 0.717) is 0 Å². The fourth-order valence-corrected chi connectivity index (χ4v) is 2.56. The van der Waals surface area contributed by atoms with Crippen LogP contribution in [-0.4, -0.2) is 13.1 Å². The van der Waals surface area contributed by atoms with E-state index >= 15 is 0 Å². The van der Waals surface area contributed by atoms with E-state index in [1.54, 1.807) is 11.3 Å². The molecule has 1 unspecified atom stereocenters. The van der Waals surface area contributed by atoms with Crippen LogP contribution in [0.5, 0.6) is 0 Å². The average Bonchev–Trinajstić information content (AvgIpc) is 2.84. The number of esters is 1. The molecule has 0 spiro atoms. The molecular weight excluding hydrogens is 198 g/mol. The van der Waals surface area contributed by atoms with Crippen molar-refractivity contribution in [1.82, 2.24) is 0 Å². The lowest BCUT2D eigenvalue weighted by atomic mass is 9.96. The molecule has 0 radical (unpaired) electrons. The van der Waals surface area contributed by atoms with E-state index in [1.165, 1.54) is 7.11 Å². The summed E-state index contributed by atoms with van der Waals surface area (Å²) >= 11 is 1.59. The lowest BCUT2D eigenvalue weighted by molar-refractivity contribution is -0.148. The van der Waals surface area contributed by atoms with Gasteiger partial charge in [0.15, 0.2) is 0 Å². The molecule has 1 atom stereocenters. The average molecular weight is 211 g/mol. The van der Waals surface area contributed by atoms with E-state index in [-0.39, 0.29) is 12.0 Å². The van der Waals surface area contributed by atoms with Crippen LogP contribution in [0.2, 0.25) is 0 Å². The molecule has 1 aromatic rings. The summed E-state index contributed by atoms with van der Waals surface area (Å²) in [4.78, 5) is 12.6. The maximum atomic E-state index is 11.5. The second-order valence-electron chi connectivity index (χ2n) is 3.64. The number of nitrogens with two attached hydrogens (primary N) is 1. The number of hydrogen-bond acceptors (Lipinski definition) is 4. The van der Waals surface area contributed by atoms with Gasteiger partial charge in [-0.3, -0.25) is 4.79 Å². The third-order valence-corrected chi connectivity index (χ3v) is 3.78. The normalized spacial score (nSPS) is 20.1. The number of carbonyl (C=O) groups excluding carboxylic acids is 1. The molecule has 1 aliphatic carbocycles. The van der Waals surface area contributed by atoms with Crippen LogP contribution in [0.3, 0.4) is 0 Å². The summed E-state index contributed by atoms with van der Waals surface area (Å²) in [6.07, 6.45) is 1.69. The van der Waals surface area contributed by atoms with E-state index in [4.69, 9.17) is 10.5 Å². The van der Waals surface area contributed by atoms with Crippen LogP contribution >= 0.6 is 11.3 Å². The molecule has 1 aliphatic rings. The van der Waals surface area contributed by atoms with Gasteiger partial charge in [0.2, 0.25) is 0 Å². The molecule has 14 heavy (non-hydrogen) atoms. The smallest absolute Gasteiger partial charge is 0.313 e. The van der Waals surface area contributed by atoms with Crippen LogP contribution in [0, 0.1) is 5.41 Å². The van der Waals surface area contributed by atoms with Gasteiger partial charge in [-0.05, 0) is 24.3 Å². The molecule has 0 bridgehead atoms. The Balaban J connectivity index is 2.19. The zero-order valence-corrected chi connectivity index (χ0v) is 8.84. The second-order valence-corrected chi connectivity index (χ2v) is 4.62. The van der Waals surface area contributed by atoms with Gasteiger partial charge >= 0.3 is 5.97 Å². The van der Waals surface area contributed by atoms with E-state index in [9.17, 15) is 4.79 Å². The van der Waals surface area contributed by atoms with E-state index in [0.717, 1.165) is 17.7 Å². The molecule has 2 N–H and O–H groups in total. The quantitative estimate of drug-likeness (QED) is 0.774. The predicted octanol–water partition coefficient (Wildman–Crippen LogP) is 1.70. The summed E-state index contributed by atoms with van der Waals surface area (Å²) in [5.41, 5.74) is 5.63. The molecule has 76 valence electrons. The molecule has 0 saturated heterocycles. The first kappa shape index (κ1) is 9.68. The Morgan fingerprint density at radius 2 is 2.43 bits per heavy atom. The van der Waals surface area contributed by atoms with E-state index in [2.05, 4.69) is 0 Å². The Hall–Kier alpha value is -0.870. The first-order chi connectivity index (χ1) is 6.70. The number of rotatable bonds is 3. The van der Waals surface area contributed by atoms with Gasteiger partial charge in [-0.1, -0.05) is 6.07 Å². The molecule has 2 rings (SSSR count). The molecule has 0 amide bonds. The topological polar surface area (TPSA) is 52.3 Å². The van der Waals surface area contributed by atoms with Gasteiger partial charge in [-0.25, -0.2) is 0 Å². The Bertz CT molecular complexity index is 330. The van der Waals surface area contributed by atoms with Crippen molar-refractivity contribution in [3.05, 3.63) is 22.4 Å². The fourth-order valence-electron chi connectivity index (χ4n) is 1.72. The summed E-state index contributed by atoms with van der Waals surface area (Å²) in [6, 6.07) is 3.72. The summed E-state index contributed by atoms with van der Waals surface area (Å²) < 4.78 is 4.78. The SMILES string of the molecule is COC(=O)C1(C(N)c2cccs2)CC1.